The number of aliphatic hydroxyl groups is 1. The summed E-state index contributed by atoms with van der Waals surface area (Å²) in [6.45, 7) is -0.143. The number of carbonyl (C=O) groups excluding carboxylic acids is 1. The lowest BCUT2D eigenvalue weighted by molar-refractivity contribution is 0.101. The molecule has 6 heteroatoms. The van der Waals surface area contributed by atoms with E-state index in [4.69, 9.17) is 4.52 Å². The van der Waals surface area contributed by atoms with Gasteiger partial charge in [-0.2, -0.15) is 0 Å². The molecule has 1 aromatic carbocycles. The van der Waals surface area contributed by atoms with Crippen LogP contribution in [0.3, 0.4) is 0 Å². The van der Waals surface area contributed by atoms with Gasteiger partial charge in [-0.05, 0) is 17.5 Å². The summed E-state index contributed by atoms with van der Waals surface area (Å²) in [4.78, 5) is 13.1. The third-order valence-corrected chi connectivity index (χ3v) is 3.83. The Labute approximate surface area is 124 Å². The Morgan fingerprint density at radius 1 is 1.29 bits per heavy atom. The molecule has 1 amide bonds. The van der Waals surface area contributed by atoms with E-state index in [1.165, 1.54) is 11.3 Å². The Morgan fingerprint density at radius 2 is 2.14 bits per heavy atom. The number of benzene rings is 1. The quantitative estimate of drug-likeness (QED) is 0.776. The van der Waals surface area contributed by atoms with Crippen molar-refractivity contribution >= 4 is 22.9 Å². The molecule has 3 aromatic rings. The van der Waals surface area contributed by atoms with Gasteiger partial charge in [0.1, 0.15) is 0 Å². The molecule has 0 aliphatic carbocycles. The van der Waals surface area contributed by atoms with Crippen molar-refractivity contribution in [2.45, 2.75) is 6.61 Å². The zero-order valence-electron chi connectivity index (χ0n) is 10.9. The average Bonchev–Trinajstić information content (AvgIpc) is 3.18. The monoisotopic (exact) mass is 300 g/mol. The standard InChI is InChI=1S/C15H12N2O3S/c18-9-10-4-1-2-5-11(10)16-15(19)12-8-13(20-17-12)14-6-3-7-21-14/h1-8,18H,9H2,(H,16,19). The van der Waals surface area contributed by atoms with Crippen LogP contribution in [0, 0.1) is 0 Å². The third kappa shape index (κ3) is 2.86. The van der Waals surface area contributed by atoms with Crippen LogP contribution in [0.25, 0.3) is 10.6 Å². The van der Waals surface area contributed by atoms with Crippen LogP contribution in [0.5, 0.6) is 0 Å². The molecule has 0 saturated heterocycles. The molecule has 2 aromatic heterocycles. The van der Waals surface area contributed by atoms with Gasteiger partial charge in [-0.1, -0.05) is 29.4 Å². The number of aromatic nitrogens is 1. The van der Waals surface area contributed by atoms with E-state index in [1.54, 1.807) is 30.3 Å². The van der Waals surface area contributed by atoms with E-state index < -0.39 is 0 Å². The number of carbonyl (C=O) groups is 1. The summed E-state index contributed by atoms with van der Waals surface area (Å²) in [6, 6.07) is 12.5. The van der Waals surface area contributed by atoms with Crippen molar-refractivity contribution in [1.82, 2.24) is 5.16 Å². The minimum atomic E-state index is -0.373. The van der Waals surface area contributed by atoms with Gasteiger partial charge in [0.25, 0.3) is 5.91 Å². The molecule has 2 N–H and O–H groups in total. The maximum Gasteiger partial charge on any atom is 0.277 e. The van der Waals surface area contributed by atoms with Gasteiger partial charge in [0.05, 0.1) is 11.5 Å². The molecule has 0 fully saturated rings. The first-order chi connectivity index (χ1) is 10.3. The summed E-state index contributed by atoms with van der Waals surface area (Å²) in [7, 11) is 0. The van der Waals surface area contributed by atoms with Crippen molar-refractivity contribution in [3.05, 3.63) is 59.1 Å². The number of anilines is 1. The molecule has 0 radical (unpaired) electrons. The highest BCUT2D eigenvalue weighted by Gasteiger charge is 2.15. The van der Waals surface area contributed by atoms with Gasteiger partial charge >= 0.3 is 0 Å². The SMILES string of the molecule is O=C(Nc1ccccc1CO)c1cc(-c2cccs2)on1. The molecule has 0 bridgehead atoms. The molecule has 0 saturated carbocycles. The van der Waals surface area contributed by atoms with Crippen LogP contribution in [0.15, 0.2) is 52.4 Å². The van der Waals surface area contributed by atoms with Crippen molar-refractivity contribution in [2.75, 3.05) is 5.32 Å². The number of aliphatic hydroxyl groups excluding tert-OH is 1. The first-order valence-electron chi connectivity index (χ1n) is 6.28. The molecular formula is C15H12N2O3S. The van der Waals surface area contributed by atoms with Crippen LogP contribution in [-0.2, 0) is 6.61 Å². The number of rotatable bonds is 4. The van der Waals surface area contributed by atoms with Gasteiger partial charge in [0, 0.05) is 17.3 Å². The Balaban J connectivity index is 1.80. The first kappa shape index (κ1) is 13.5. The highest BCUT2D eigenvalue weighted by atomic mass is 32.1. The second-order valence-electron chi connectivity index (χ2n) is 4.32. The molecular weight excluding hydrogens is 288 g/mol. The van der Waals surface area contributed by atoms with E-state index in [1.807, 2.05) is 17.5 Å². The smallest absolute Gasteiger partial charge is 0.277 e. The number of hydrogen-bond donors (Lipinski definition) is 2. The summed E-state index contributed by atoms with van der Waals surface area (Å²) < 4.78 is 5.17. The van der Waals surface area contributed by atoms with E-state index >= 15 is 0 Å². The van der Waals surface area contributed by atoms with E-state index in [-0.39, 0.29) is 18.2 Å². The normalized spacial score (nSPS) is 10.5. The lowest BCUT2D eigenvalue weighted by atomic mass is 10.2. The van der Waals surface area contributed by atoms with E-state index in [2.05, 4.69) is 10.5 Å². The summed E-state index contributed by atoms with van der Waals surface area (Å²) >= 11 is 1.51. The van der Waals surface area contributed by atoms with Gasteiger partial charge < -0.3 is 14.9 Å². The third-order valence-electron chi connectivity index (χ3n) is 2.94. The van der Waals surface area contributed by atoms with Gasteiger partial charge in [0.2, 0.25) is 0 Å². The molecule has 0 aliphatic heterocycles. The molecule has 0 atom stereocenters. The number of para-hydroxylation sites is 1. The molecule has 5 nitrogen and oxygen atoms in total. The van der Waals surface area contributed by atoms with Gasteiger partial charge in [-0.15, -0.1) is 11.3 Å². The summed E-state index contributed by atoms with van der Waals surface area (Å²) in [5.41, 5.74) is 1.41. The molecule has 3 rings (SSSR count). The van der Waals surface area contributed by atoms with Crippen LogP contribution < -0.4 is 5.32 Å². The molecule has 0 spiro atoms. The maximum absolute atomic E-state index is 12.2. The summed E-state index contributed by atoms with van der Waals surface area (Å²) in [6.07, 6.45) is 0. The zero-order valence-corrected chi connectivity index (χ0v) is 11.8. The Bertz CT molecular complexity index is 750. The molecule has 21 heavy (non-hydrogen) atoms. The highest BCUT2D eigenvalue weighted by Crippen LogP contribution is 2.25. The number of hydrogen-bond acceptors (Lipinski definition) is 5. The maximum atomic E-state index is 12.2. The lowest BCUT2D eigenvalue weighted by Crippen LogP contribution is -2.13. The van der Waals surface area contributed by atoms with E-state index in [0.29, 0.717) is 17.0 Å². The van der Waals surface area contributed by atoms with Crippen LogP contribution in [-0.4, -0.2) is 16.2 Å². The largest absolute Gasteiger partial charge is 0.392 e. The number of nitrogens with one attached hydrogen (secondary N) is 1. The van der Waals surface area contributed by atoms with Crippen LogP contribution >= 0.6 is 11.3 Å². The Morgan fingerprint density at radius 3 is 2.90 bits per heavy atom. The van der Waals surface area contributed by atoms with Gasteiger partial charge in [0.15, 0.2) is 11.5 Å². The molecule has 0 aliphatic rings. The van der Waals surface area contributed by atoms with Crippen LogP contribution in [0.4, 0.5) is 5.69 Å². The Kier molecular flexibility index (Phi) is 3.81. The first-order valence-corrected chi connectivity index (χ1v) is 7.16. The fraction of sp³-hybridized carbons (Fsp3) is 0.0667. The number of nitrogens with zero attached hydrogens (tertiary/aromatic N) is 1. The minimum absolute atomic E-state index is 0.143. The van der Waals surface area contributed by atoms with Crippen molar-refractivity contribution < 1.29 is 14.4 Å². The van der Waals surface area contributed by atoms with Crippen molar-refractivity contribution in [3.8, 4) is 10.6 Å². The second-order valence-corrected chi connectivity index (χ2v) is 5.27. The predicted octanol–water partition coefficient (Wildman–Crippen LogP) is 3.15. The number of amides is 1. The fourth-order valence-corrected chi connectivity index (χ4v) is 2.56. The van der Waals surface area contributed by atoms with Crippen LogP contribution in [0.2, 0.25) is 0 Å². The predicted molar refractivity (Wildman–Crippen MR) is 80.1 cm³/mol. The van der Waals surface area contributed by atoms with Gasteiger partial charge in [-0.3, -0.25) is 4.79 Å². The van der Waals surface area contributed by atoms with Crippen molar-refractivity contribution in [2.24, 2.45) is 0 Å². The second kappa shape index (κ2) is 5.90. The topological polar surface area (TPSA) is 75.4 Å². The molecule has 0 unspecified atom stereocenters. The van der Waals surface area contributed by atoms with Gasteiger partial charge in [-0.25, -0.2) is 0 Å². The average molecular weight is 300 g/mol. The van der Waals surface area contributed by atoms with Crippen LogP contribution in [0.1, 0.15) is 16.1 Å². The fourth-order valence-electron chi connectivity index (χ4n) is 1.88. The lowest BCUT2D eigenvalue weighted by Gasteiger charge is -2.07. The molecule has 2 heterocycles. The van der Waals surface area contributed by atoms with Crippen molar-refractivity contribution in [1.29, 1.82) is 0 Å². The Hall–Kier alpha value is -2.44. The van der Waals surface area contributed by atoms with Crippen molar-refractivity contribution in [3.63, 3.8) is 0 Å². The minimum Gasteiger partial charge on any atom is -0.392 e. The summed E-state index contributed by atoms with van der Waals surface area (Å²) in [5, 5.41) is 17.7. The number of thiophene rings is 1. The zero-order chi connectivity index (χ0) is 14.7. The molecule has 106 valence electrons. The highest BCUT2D eigenvalue weighted by molar-refractivity contribution is 7.13. The van der Waals surface area contributed by atoms with E-state index in [9.17, 15) is 9.90 Å². The van der Waals surface area contributed by atoms with E-state index in [0.717, 1.165) is 4.88 Å². The summed E-state index contributed by atoms with van der Waals surface area (Å²) in [5.74, 6) is 0.188.